The molecule has 0 aliphatic rings. The molecule has 1 heterocycles. The number of nitrogens with zero attached hydrogens (tertiary/aromatic N) is 2. The Bertz CT molecular complexity index is 1390. The van der Waals surface area contributed by atoms with E-state index in [1.165, 1.54) is 6.26 Å². The molecule has 33 heavy (non-hydrogen) atoms. The summed E-state index contributed by atoms with van der Waals surface area (Å²) in [5.74, 6) is -0.259. The summed E-state index contributed by atoms with van der Waals surface area (Å²) in [4.78, 5) is 13.7. The zero-order valence-corrected chi connectivity index (χ0v) is 19.6. The van der Waals surface area contributed by atoms with E-state index in [-0.39, 0.29) is 10.8 Å². The van der Waals surface area contributed by atoms with E-state index in [9.17, 15) is 13.2 Å². The van der Waals surface area contributed by atoms with Crippen molar-refractivity contribution < 1.29 is 13.2 Å². The normalized spacial score (nSPS) is 11.4. The fraction of sp³-hybridized carbons (Fsp3) is 0.154. The Morgan fingerprint density at radius 1 is 0.909 bits per heavy atom. The molecule has 0 bridgehead atoms. The van der Waals surface area contributed by atoms with E-state index in [4.69, 9.17) is 5.10 Å². The maximum absolute atomic E-state index is 13.4. The zero-order chi connectivity index (χ0) is 23.6. The number of aryl methyl sites for hydroxylation is 2. The number of anilines is 1. The maximum atomic E-state index is 13.4. The van der Waals surface area contributed by atoms with E-state index in [1.807, 2.05) is 68.4 Å². The topological polar surface area (TPSA) is 81.1 Å². The molecule has 1 amide bonds. The SMILES string of the molecule is CCn1nc(-c2ccc(S(C)(=O)=O)cc2)c(-c2ccc(C)cc2)c1C(=O)Nc1ccccc1. The molecule has 0 radical (unpaired) electrons. The lowest BCUT2D eigenvalue weighted by Crippen LogP contribution is -2.18. The molecule has 7 heteroatoms. The second-order valence-electron chi connectivity index (χ2n) is 7.87. The molecule has 1 aromatic heterocycles. The van der Waals surface area contributed by atoms with Crippen LogP contribution in [-0.4, -0.2) is 30.4 Å². The summed E-state index contributed by atoms with van der Waals surface area (Å²) >= 11 is 0. The van der Waals surface area contributed by atoms with Gasteiger partial charge < -0.3 is 5.32 Å². The van der Waals surface area contributed by atoms with E-state index in [2.05, 4.69) is 5.32 Å². The van der Waals surface area contributed by atoms with Gasteiger partial charge in [0.25, 0.3) is 5.91 Å². The molecule has 4 aromatic rings. The van der Waals surface area contributed by atoms with Crippen LogP contribution in [0.25, 0.3) is 22.4 Å². The fourth-order valence-corrected chi connectivity index (χ4v) is 4.32. The van der Waals surface area contributed by atoms with Gasteiger partial charge in [-0.15, -0.1) is 0 Å². The van der Waals surface area contributed by atoms with Crippen LogP contribution < -0.4 is 5.32 Å². The van der Waals surface area contributed by atoms with Gasteiger partial charge >= 0.3 is 0 Å². The van der Waals surface area contributed by atoms with Crippen molar-refractivity contribution in [3.05, 3.63) is 90.1 Å². The fourth-order valence-electron chi connectivity index (χ4n) is 3.69. The van der Waals surface area contributed by atoms with Crippen molar-refractivity contribution in [1.82, 2.24) is 9.78 Å². The maximum Gasteiger partial charge on any atom is 0.274 e. The van der Waals surface area contributed by atoms with Gasteiger partial charge in [-0.1, -0.05) is 60.2 Å². The van der Waals surface area contributed by atoms with Crippen LogP contribution >= 0.6 is 0 Å². The van der Waals surface area contributed by atoms with Crippen LogP contribution in [0.4, 0.5) is 5.69 Å². The van der Waals surface area contributed by atoms with Gasteiger partial charge in [-0.2, -0.15) is 5.10 Å². The van der Waals surface area contributed by atoms with Gasteiger partial charge in [0, 0.05) is 29.6 Å². The molecule has 1 N–H and O–H groups in total. The molecule has 0 saturated carbocycles. The number of hydrogen-bond donors (Lipinski definition) is 1. The Morgan fingerprint density at radius 2 is 1.52 bits per heavy atom. The lowest BCUT2D eigenvalue weighted by molar-refractivity contribution is 0.101. The minimum atomic E-state index is -3.31. The van der Waals surface area contributed by atoms with Crippen molar-refractivity contribution in [1.29, 1.82) is 0 Å². The first-order chi connectivity index (χ1) is 15.8. The molecule has 6 nitrogen and oxygen atoms in total. The zero-order valence-electron chi connectivity index (χ0n) is 18.7. The van der Waals surface area contributed by atoms with Gasteiger partial charge in [0.1, 0.15) is 11.4 Å². The standard InChI is InChI=1S/C26H25N3O3S/c1-4-29-25(26(30)27-21-8-6-5-7-9-21)23(19-12-10-18(2)11-13-19)24(28-29)20-14-16-22(17-15-20)33(3,31)32/h5-17H,4H2,1-3H3,(H,27,30). The molecule has 0 spiro atoms. The molecular formula is C26H25N3O3S. The number of benzene rings is 3. The van der Waals surface area contributed by atoms with E-state index in [0.717, 1.165) is 16.7 Å². The third-order valence-corrected chi connectivity index (χ3v) is 6.52. The number of amides is 1. The van der Waals surface area contributed by atoms with Crippen LogP contribution in [-0.2, 0) is 16.4 Å². The van der Waals surface area contributed by atoms with Gasteiger partial charge in [-0.25, -0.2) is 8.42 Å². The number of nitrogens with one attached hydrogen (secondary N) is 1. The van der Waals surface area contributed by atoms with Crippen LogP contribution in [0.2, 0.25) is 0 Å². The first kappa shape index (κ1) is 22.5. The third kappa shape index (κ3) is 4.73. The van der Waals surface area contributed by atoms with Crippen LogP contribution in [0.5, 0.6) is 0 Å². The summed E-state index contributed by atoms with van der Waals surface area (Å²) in [6.45, 7) is 4.44. The molecular weight excluding hydrogens is 434 g/mol. The van der Waals surface area contributed by atoms with Crippen molar-refractivity contribution in [2.24, 2.45) is 0 Å². The quantitative estimate of drug-likeness (QED) is 0.430. The first-order valence-corrected chi connectivity index (χ1v) is 12.5. The summed E-state index contributed by atoms with van der Waals surface area (Å²) < 4.78 is 25.5. The predicted octanol–water partition coefficient (Wildman–Crippen LogP) is 5.20. The van der Waals surface area contributed by atoms with E-state index in [1.54, 1.807) is 28.9 Å². The highest BCUT2D eigenvalue weighted by molar-refractivity contribution is 7.90. The molecule has 0 saturated heterocycles. The van der Waals surface area contributed by atoms with E-state index >= 15 is 0 Å². The van der Waals surface area contributed by atoms with Crippen molar-refractivity contribution in [3.8, 4) is 22.4 Å². The highest BCUT2D eigenvalue weighted by Gasteiger charge is 2.25. The van der Waals surface area contributed by atoms with Gasteiger partial charge in [-0.3, -0.25) is 9.48 Å². The minimum absolute atomic E-state index is 0.236. The largest absolute Gasteiger partial charge is 0.321 e. The highest BCUT2D eigenvalue weighted by Crippen LogP contribution is 2.35. The summed E-state index contributed by atoms with van der Waals surface area (Å²) in [6.07, 6.45) is 1.18. The van der Waals surface area contributed by atoms with Crippen molar-refractivity contribution in [3.63, 3.8) is 0 Å². The number of hydrogen-bond acceptors (Lipinski definition) is 4. The lowest BCUT2D eigenvalue weighted by atomic mass is 9.97. The number of rotatable bonds is 6. The summed E-state index contributed by atoms with van der Waals surface area (Å²) in [5, 5.41) is 7.73. The average Bonchev–Trinajstić information content (AvgIpc) is 3.19. The molecule has 0 fully saturated rings. The molecule has 0 aliphatic carbocycles. The number of para-hydroxylation sites is 1. The molecule has 4 rings (SSSR count). The second kappa shape index (κ2) is 9.03. The van der Waals surface area contributed by atoms with Crippen LogP contribution in [0.1, 0.15) is 23.0 Å². The molecule has 3 aromatic carbocycles. The van der Waals surface area contributed by atoms with Gasteiger partial charge in [0.05, 0.1) is 4.90 Å². The summed E-state index contributed by atoms with van der Waals surface area (Å²) in [5.41, 5.74) is 5.18. The van der Waals surface area contributed by atoms with E-state index < -0.39 is 9.84 Å². The van der Waals surface area contributed by atoms with Crippen LogP contribution in [0.3, 0.4) is 0 Å². The second-order valence-corrected chi connectivity index (χ2v) is 9.89. The Balaban J connectivity index is 1.90. The minimum Gasteiger partial charge on any atom is -0.321 e. The highest BCUT2D eigenvalue weighted by atomic mass is 32.2. The Hall–Kier alpha value is -3.71. The summed E-state index contributed by atoms with van der Waals surface area (Å²) in [6, 6.07) is 23.8. The first-order valence-electron chi connectivity index (χ1n) is 10.6. The van der Waals surface area contributed by atoms with Crippen LogP contribution in [0, 0.1) is 6.92 Å². The lowest BCUT2D eigenvalue weighted by Gasteiger charge is -2.10. The molecule has 168 valence electrons. The summed E-state index contributed by atoms with van der Waals surface area (Å²) in [7, 11) is -3.31. The van der Waals surface area contributed by atoms with Crippen molar-refractivity contribution in [2.75, 3.05) is 11.6 Å². The van der Waals surface area contributed by atoms with Crippen LogP contribution in [0.15, 0.2) is 83.8 Å². The Morgan fingerprint density at radius 3 is 2.09 bits per heavy atom. The van der Waals surface area contributed by atoms with Gasteiger partial charge in [-0.05, 0) is 43.7 Å². The number of sulfone groups is 1. The number of carbonyl (C=O) groups excluding carboxylic acids is 1. The van der Waals surface area contributed by atoms with E-state index in [0.29, 0.717) is 29.2 Å². The van der Waals surface area contributed by atoms with Gasteiger partial charge in [0.15, 0.2) is 9.84 Å². The number of carbonyl (C=O) groups is 1. The monoisotopic (exact) mass is 459 g/mol. The Labute approximate surface area is 193 Å². The average molecular weight is 460 g/mol. The smallest absolute Gasteiger partial charge is 0.274 e. The Kier molecular flexibility index (Phi) is 6.16. The number of aromatic nitrogens is 2. The molecule has 0 unspecified atom stereocenters. The van der Waals surface area contributed by atoms with Crippen molar-refractivity contribution >= 4 is 21.4 Å². The third-order valence-electron chi connectivity index (χ3n) is 5.39. The molecule has 0 aliphatic heterocycles. The predicted molar refractivity (Wildman–Crippen MR) is 131 cm³/mol. The molecule has 0 atom stereocenters. The van der Waals surface area contributed by atoms with Gasteiger partial charge in [0.2, 0.25) is 0 Å². The van der Waals surface area contributed by atoms with Crippen molar-refractivity contribution in [2.45, 2.75) is 25.3 Å².